The quantitative estimate of drug-likeness (QED) is 0.0653. The standard InChI is InChI=1S/C24H41N5O13/c1-5-11-15(33)16(34)12(6-30)40-22(11)42-21-23(39-8(2)24(21,38)7-26-29-25)41-20-14(28-10(4)32)17(35)13(27-9(3)31)18(36)19(20)37/h8,11-23,30,33-38H,5-7H2,1-4H3,(H,27,31)(H,28,32)/t8-,11?,12?,13?,14?,15?,16?,17?,18?,19?,20-,21-,22?,23-,24+/m0/s1. The van der Waals surface area contributed by atoms with Crippen LogP contribution in [0.2, 0.25) is 0 Å². The summed E-state index contributed by atoms with van der Waals surface area (Å²) in [5.41, 5.74) is 6.84. The number of hydrogen-bond donors (Lipinski definition) is 9. The largest absolute Gasteiger partial charge is 0.394 e. The Hall–Kier alpha value is -2.19. The van der Waals surface area contributed by atoms with Crippen LogP contribution in [-0.2, 0) is 28.5 Å². The normalized spacial score (nSPS) is 45.6. The highest BCUT2D eigenvalue weighted by Crippen LogP contribution is 2.40. The Morgan fingerprint density at radius 3 is 2.10 bits per heavy atom. The average Bonchev–Trinajstić information content (AvgIpc) is 3.16. The molecule has 1 saturated carbocycles. The second-order valence-corrected chi connectivity index (χ2v) is 10.9. The first-order valence-electron chi connectivity index (χ1n) is 13.6. The van der Waals surface area contributed by atoms with E-state index in [0.29, 0.717) is 0 Å². The number of aliphatic hydroxyl groups is 7. The summed E-state index contributed by atoms with van der Waals surface area (Å²) in [4.78, 5) is 26.4. The van der Waals surface area contributed by atoms with Gasteiger partial charge in [-0.15, -0.1) is 0 Å². The molecule has 2 saturated heterocycles. The molecule has 0 radical (unpaired) electrons. The molecule has 240 valence electrons. The molecule has 2 heterocycles. The van der Waals surface area contributed by atoms with Gasteiger partial charge in [0.25, 0.3) is 0 Å². The number of ether oxygens (including phenoxy) is 4. The number of amides is 2. The number of nitrogens with zero attached hydrogens (tertiary/aromatic N) is 3. The number of carbonyl (C=O) groups excluding carboxylic acids is 2. The second kappa shape index (κ2) is 14.1. The van der Waals surface area contributed by atoms with E-state index in [1.807, 2.05) is 0 Å². The zero-order valence-corrected chi connectivity index (χ0v) is 23.6. The minimum absolute atomic E-state index is 0.222. The molecule has 18 heteroatoms. The summed E-state index contributed by atoms with van der Waals surface area (Å²) in [5, 5.41) is 83.2. The molecule has 2 amide bonds. The molecule has 0 aromatic rings. The highest BCUT2D eigenvalue weighted by atomic mass is 16.8. The molecule has 10 unspecified atom stereocenters. The molecule has 3 rings (SSSR count). The molecule has 0 bridgehead atoms. The fraction of sp³-hybridized carbons (Fsp3) is 0.917. The zero-order chi connectivity index (χ0) is 31.5. The van der Waals surface area contributed by atoms with E-state index in [-0.39, 0.29) is 6.42 Å². The topological polar surface area (TPSA) is 285 Å². The summed E-state index contributed by atoms with van der Waals surface area (Å²) >= 11 is 0. The molecule has 0 aromatic carbocycles. The molecule has 1 aliphatic carbocycles. The summed E-state index contributed by atoms with van der Waals surface area (Å²) in [6.45, 7) is 4.10. The highest BCUT2D eigenvalue weighted by Gasteiger charge is 2.60. The van der Waals surface area contributed by atoms with Crippen molar-refractivity contribution in [3.05, 3.63) is 10.4 Å². The van der Waals surface area contributed by atoms with E-state index < -0.39 is 116 Å². The average molecular weight is 608 g/mol. The van der Waals surface area contributed by atoms with Crippen LogP contribution in [0.25, 0.3) is 10.4 Å². The lowest BCUT2D eigenvalue weighted by atomic mass is 9.81. The maximum Gasteiger partial charge on any atom is 0.217 e. The van der Waals surface area contributed by atoms with Gasteiger partial charge < -0.3 is 65.3 Å². The van der Waals surface area contributed by atoms with Crippen molar-refractivity contribution in [3.8, 4) is 0 Å². The summed E-state index contributed by atoms with van der Waals surface area (Å²) in [5.74, 6) is -2.13. The van der Waals surface area contributed by atoms with Crippen LogP contribution in [0.15, 0.2) is 5.11 Å². The Kier molecular flexibility index (Phi) is 11.5. The van der Waals surface area contributed by atoms with Gasteiger partial charge in [-0.1, -0.05) is 12.0 Å². The van der Waals surface area contributed by atoms with Gasteiger partial charge in [0, 0.05) is 24.7 Å². The monoisotopic (exact) mass is 607 g/mol. The maximum absolute atomic E-state index is 12.0. The zero-order valence-electron chi connectivity index (χ0n) is 23.6. The van der Waals surface area contributed by atoms with E-state index >= 15 is 0 Å². The molecule has 3 fully saturated rings. The van der Waals surface area contributed by atoms with Crippen molar-refractivity contribution in [3.63, 3.8) is 0 Å². The molecular weight excluding hydrogens is 566 g/mol. The maximum atomic E-state index is 12.0. The Morgan fingerprint density at radius 1 is 0.929 bits per heavy atom. The van der Waals surface area contributed by atoms with Gasteiger partial charge in [0.15, 0.2) is 12.6 Å². The molecule has 0 spiro atoms. The minimum Gasteiger partial charge on any atom is -0.394 e. The number of rotatable bonds is 10. The van der Waals surface area contributed by atoms with Crippen molar-refractivity contribution in [2.45, 2.75) is 119 Å². The van der Waals surface area contributed by atoms with Gasteiger partial charge >= 0.3 is 0 Å². The summed E-state index contributed by atoms with van der Waals surface area (Å²) in [6, 6.07) is -2.80. The Labute approximate surface area is 241 Å². The first-order chi connectivity index (χ1) is 19.7. The first kappa shape index (κ1) is 34.3. The number of hydrogen-bond acceptors (Lipinski definition) is 14. The van der Waals surface area contributed by atoms with E-state index in [0.717, 1.165) is 13.8 Å². The number of azide groups is 1. The van der Waals surface area contributed by atoms with Crippen molar-refractivity contribution in [2.75, 3.05) is 13.2 Å². The molecule has 2 aliphatic heterocycles. The van der Waals surface area contributed by atoms with E-state index in [2.05, 4.69) is 20.7 Å². The molecule has 42 heavy (non-hydrogen) atoms. The molecule has 15 atom stereocenters. The Bertz CT molecular complexity index is 1000. The van der Waals surface area contributed by atoms with Crippen LogP contribution in [0.5, 0.6) is 0 Å². The van der Waals surface area contributed by atoms with E-state index in [4.69, 9.17) is 24.5 Å². The van der Waals surface area contributed by atoms with Gasteiger partial charge in [0.05, 0.1) is 43.5 Å². The van der Waals surface area contributed by atoms with Crippen LogP contribution in [0, 0.1) is 5.92 Å². The Balaban J connectivity index is 1.98. The number of carbonyl (C=O) groups is 2. The third kappa shape index (κ3) is 6.80. The van der Waals surface area contributed by atoms with Crippen molar-refractivity contribution in [2.24, 2.45) is 11.0 Å². The summed E-state index contributed by atoms with van der Waals surface area (Å²) in [7, 11) is 0. The number of aliphatic hydroxyl groups excluding tert-OH is 6. The van der Waals surface area contributed by atoms with Gasteiger partial charge in [-0.2, -0.15) is 0 Å². The third-order valence-corrected chi connectivity index (χ3v) is 8.10. The van der Waals surface area contributed by atoms with Crippen LogP contribution >= 0.6 is 0 Å². The van der Waals surface area contributed by atoms with Crippen LogP contribution in [0.4, 0.5) is 0 Å². The fourth-order valence-electron chi connectivity index (χ4n) is 5.72. The van der Waals surface area contributed by atoms with Crippen LogP contribution in [-0.4, -0.2) is 146 Å². The SMILES string of the molecule is CCC1C(O[C@H]2[C@H](O[C@@H]3C(O)C(O)C(NC(C)=O)C(O)C3NC(C)=O)O[C@@H](C)[C@]2(O)CN=[N+]=[N-])OC(CO)C(O)C1O. The molecule has 18 nitrogen and oxygen atoms in total. The molecule has 0 aromatic heterocycles. The lowest BCUT2D eigenvalue weighted by Gasteiger charge is -2.47. The van der Waals surface area contributed by atoms with Crippen LogP contribution in [0.1, 0.15) is 34.1 Å². The first-order valence-corrected chi connectivity index (χ1v) is 13.6. The van der Waals surface area contributed by atoms with Gasteiger partial charge in [-0.25, -0.2) is 0 Å². The van der Waals surface area contributed by atoms with Crippen molar-refractivity contribution < 1.29 is 64.3 Å². The lowest BCUT2D eigenvalue weighted by Crippen LogP contribution is -2.72. The molecule has 9 N–H and O–H groups in total. The van der Waals surface area contributed by atoms with E-state index in [9.17, 15) is 45.3 Å². The van der Waals surface area contributed by atoms with Crippen LogP contribution < -0.4 is 10.6 Å². The fourth-order valence-corrected chi connectivity index (χ4v) is 5.72. The summed E-state index contributed by atoms with van der Waals surface area (Å²) in [6.07, 6.45) is -16.4. The van der Waals surface area contributed by atoms with Crippen LogP contribution in [0.3, 0.4) is 0 Å². The van der Waals surface area contributed by atoms with E-state index in [1.54, 1.807) is 6.92 Å². The lowest BCUT2D eigenvalue weighted by molar-refractivity contribution is -0.327. The summed E-state index contributed by atoms with van der Waals surface area (Å²) < 4.78 is 23.6. The van der Waals surface area contributed by atoms with Gasteiger partial charge in [0.2, 0.25) is 11.8 Å². The molecule has 3 aliphatic rings. The third-order valence-electron chi connectivity index (χ3n) is 8.10. The smallest absolute Gasteiger partial charge is 0.217 e. The predicted molar refractivity (Wildman–Crippen MR) is 138 cm³/mol. The number of nitrogens with one attached hydrogen (secondary N) is 2. The Morgan fingerprint density at radius 2 is 1.55 bits per heavy atom. The van der Waals surface area contributed by atoms with Gasteiger partial charge in [0.1, 0.15) is 42.2 Å². The molecular formula is C24H41N5O13. The van der Waals surface area contributed by atoms with E-state index in [1.165, 1.54) is 6.92 Å². The second-order valence-electron chi connectivity index (χ2n) is 10.9. The van der Waals surface area contributed by atoms with Gasteiger partial charge in [-0.3, -0.25) is 9.59 Å². The van der Waals surface area contributed by atoms with Crippen molar-refractivity contribution in [1.29, 1.82) is 0 Å². The highest BCUT2D eigenvalue weighted by molar-refractivity contribution is 5.74. The van der Waals surface area contributed by atoms with Crippen molar-refractivity contribution in [1.82, 2.24) is 10.6 Å². The minimum atomic E-state index is -2.09. The van der Waals surface area contributed by atoms with Gasteiger partial charge in [-0.05, 0) is 18.9 Å². The predicted octanol–water partition coefficient (Wildman–Crippen LogP) is -3.89. The van der Waals surface area contributed by atoms with Crippen molar-refractivity contribution >= 4 is 11.8 Å².